The smallest absolute Gasteiger partial charge is 0.295 e. The number of aromatic nitrogens is 5. The Hall–Kier alpha value is -4.40. The molecule has 3 heterocycles. The summed E-state index contributed by atoms with van der Waals surface area (Å²) < 4.78 is 27.5. The Morgan fingerprint density at radius 3 is 2.61 bits per heavy atom. The largest absolute Gasteiger partial charge is 0.348 e. The normalized spacial score (nSPS) is 11.2. The fourth-order valence-corrected chi connectivity index (χ4v) is 3.56. The van der Waals surface area contributed by atoms with Gasteiger partial charge in [-0.3, -0.25) is 9.78 Å². The lowest BCUT2D eigenvalue weighted by Crippen LogP contribution is -2.22. The van der Waals surface area contributed by atoms with Crippen molar-refractivity contribution in [3.8, 4) is 16.9 Å². The van der Waals surface area contributed by atoms with Crippen LogP contribution in [-0.2, 0) is 6.54 Å². The molecule has 5 aromatic rings. The third-order valence-corrected chi connectivity index (χ3v) is 5.17. The fourth-order valence-electron chi connectivity index (χ4n) is 3.56. The van der Waals surface area contributed by atoms with Crippen molar-refractivity contribution in [3.05, 3.63) is 96.2 Å². The van der Waals surface area contributed by atoms with Gasteiger partial charge in [0.25, 0.3) is 12.3 Å². The molecule has 2 aromatic carbocycles. The molecule has 0 aliphatic heterocycles. The lowest BCUT2D eigenvalue weighted by molar-refractivity contribution is 0.0951. The van der Waals surface area contributed by atoms with Gasteiger partial charge in [0.15, 0.2) is 5.82 Å². The number of benzene rings is 2. The molecule has 0 atom stereocenters. The molecule has 1 amide bonds. The van der Waals surface area contributed by atoms with Crippen LogP contribution in [0.3, 0.4) is 0 Å². The van der Waals surface area contributed by atoms with E-state index in [9.17, 15) is 13.6 Å². The molecule has 164 valence electrons. The zero-order chi connectivity index (χ0) is 22.8. The molecule has 0 spiro atoms. The van der Waals surface area contributed by atoms with Gasteiger partial charge in [0.05, 0.1) is 22.4 Å². The summed E-state index contributed by atoms with van der Waals surface area (Å²) in [5.74, 6) is -0.754. The predicted molar refractivity (Wildman–Crippen MR) is 119 cm³/mol. The third-order valence-electron chi connectivity index (χ3n) is 5.17. The Morgan fingerprint density at radius 1 is 1.06 bits per heavy atom. The number of fused-ring (bicyclic) bond motifs is 1. The highest BCUT2D eigenvalue weighted by atomic mass is 19.3. The predicted octanol–water partition coefficient (Wildman–Crippen LogP) is 4.68. The maximum atomic E-state index is 12.9. The molecule has 33 heavy (non-hydrogen) atoms. The number of imidazole rings is 1. The number of carbonyl (C=O) groups is 1. The number of para-hydroxylation sites is 1. The van der Waals surface area contributed by atoms with Crippen molar-refractivity contribution in [1.82, 2.24) is 30.0 Å². The highest BCUT2D eigenvalue weighted by Gasteiger charge is 2.16. The average Bonchev–Trinajstić information content (AvgIpc) is 3.48. The number of amides is 1. The van der Waals surface area contributed by atoms with E-state index in [0.717, 1.165) is 22.5 Å². The van der Waals surface area contributed by atoms with Gasteiger partial charge in [0, 0.05) is 41.8 Å². The quantitative estimate of drug-likeness (QED) is 0.398. The van der Waals surface area contributed by atoms with Crippen molar-refractivity contribution in [2.24, 2.45) is 0 Å². The minimum Gasteiger partial charge on any atom is -0.348 e. The van der Waals surface area contributed by atoms with Gasteiger partial charge in [-0.05, 0) is 42.5 Å². The highest BCUT2D eigenvalue weighted by molar-refractivity contribution is 5.97. The topological polar surface area (TPSA) is 88.5 Å². The van der Waals surface area contributed by atoms with Crippen LogP contribution in [-0.4, -0.2) is 30.6 Å². The van der Waals surface area contributed by atoms with Gasteiger partial charge >= 0.3 is 0 Å². The van der Waals surface area contributed by atoms with E-state index in [-0.39, 0.29) is 12.5 Å². The van der Waals surface area contributed by atoms with E-state index >= 15 is 0 Å². The summed E-state index contributed by atoms with van der Waals surface area (Å²) in [5.41, 5.74) is 4.42. The molecule has 3 aromatic heterocycles. The number of H-pyrrole nitrogens is 1. The Morgan fingerprint density at radius 2 is 1.85 bits per heavy atom. The summed E-state index contributed by atoms with van der Waals surface area (Å²) in [6.07, 6.45) is 2.54. The number of nitrogens with one attached hydrogen (secondary N) is 2. The highest BCUT2D eigenvalue weighted by Crippen LogP contribution is 2.24. The summed E-state index contributed by atoms with van der Waals surface area (Å²) in [7, 11) is 0. The van der Waals surface area contributed by atoms with Gasteiger partial charge in [0.1, 0.15) is 0 Å². The van der Waals surface area contributed by atoms with Crippen molar-refractivity contribution >= 4 is 16.9 Å². The van der Waals surface area contributed by atoms with Crippen molar-refractivity contribution < 1.29 is 13.6 Å². The van der Waals surface area contributed by atoms with Crippen molar-refractivity contribution in [2.75, 3.05) is 0 Å². The molecule has 2 N–H and O–H groups in total. The van der Waals surface area contributed by atoms with E-state index in [0.29, 0.717) is 16.6 Å². The van der Waals surface area contributed by atoms with Gasteiger partial charge in [-0.2, -0.15) is 5.10 Å². The van der Waals surface area contributed by atoms with Crippen LogP contribution in [0.25, 0.3) is 28.0 Å². The van der Waals surface area contributed by atoms with E-state index in [1.807, 2.05) is 48.7 Å². The van der Waals surface area contributed by atoms with Crippen LogP contribution in [0.2, 0.25) is 0 Å². The molecule has 0 saturated carbocycles. The van der Waals surface area contributed by atoms with Crippen LogP contribution >= 0.6 is 0 Å². The first-order valence-corrected chi connectivity index (χ1v) is 10.2. The molecule has 0 radical (unpaired) electrons. The van der Waals surface area contributed by atoms with E-state index in [4.69, 9.17) is 5.10 Å². The molecule has 0 bridgehead atoms. The number of halogens is 2. The lowest BCUT2D eigenvalue weighted by Gasteiger charge is -2.06. The molecule has 0 unspecified atom stereocenters. The van der Waals surface area contributed by atoms with Crippen LogP contribution in [0.15, 0.2) is 79.3 Å². The number of hydrogen-bond donors (Lipinski definition) is 2. The van der Waals surface area contributed by atoms with Gasteiger partial charge in [-0.1, -0.05) is 18.2 Å². The van der Waals surface area contributed by atoms with Crippen LogP contribution in [0.4, 0.5) is 8.78 Å². The molecule has 0 saturated heterocycles. The number of rotatable bonds is 6. The molecule has 7 nitrogen and oxygen atoms in total. The number of carbonyl (C=O) groups excluding carboxylic acids is 1. The maximum Gasteiger partial charge on any atom is 0.295 e. The number of pyridine rings is 1. The van der Waals surface area contributed by atoms with Gasteiger partial charge < -0.3 is 10.3 Å². The van der Waals surface area contributed by atoms with E-state index in [2.05, 4.69) is 20.3 Å². The van der Waals surface area contributed by atoms with Gasteiger partial charge in [0.2, 0.25) is 0 Å². The first-order valence-electron chi connectivity index (χ1n) is 10.2. The number of hydrogen-bond acceptors (Lipinski definition) is 4. The molecule has 0 aliphatic carbocycles. The second-order valence-electron chi connectivity index (χ2n) is 7.36. The molecule has 0 aliphatic rings. The number of aromatic amines is 1. The van der Waals surface area contributed by atoms with Gasteiger partial charge in [-0.15, -0.1) is 0 Å². The standard InChI is InChI=1S/C24H18F2N6O/c25-22(26)23-29-19-7-6-16(12-20(19)30-23)24(33)28-13-17-14-32(18-4-2-1-3-5-18)31-21(17)15-8-10-27-11-9-15/h1-12,14,22H,13H2,(H,28,33)(H,29,30). The van der Waals surface area contributed by atoms with Crippen molar-refractivity contribution in [2.45, 2.75) is 13.0 Å². The van der Waals surface area contributed by atoms with Crippen LogP contribution < -0.4 is 5.32 Å². The molecule has 0 fully saturated rings. The Balaban J connectivity index is 1.41. The average molecular weight is 444 g/mol. The van der Waals surface area contributed by atoms with E-state index in [1.165, 1.54) is 6.07 Å². The van der Waals surface area contributed by atoms with Crippen molar-refractivity contribution in [1.29, 1.82) is 0 Å². The first-order chi connectivity index (χ1) is 16.1. The van der Waals surface area contributed by atoms with E-state index < -0.39 is 12.2 Å². The van der Waals surface area contributed by atoms with Crippen LogP contribution in [0.1, 0.15) is 28.2 Å². The molecular weight excluding hydrogens is 426 g/mol. The lowest BCUT2D eigenvalue weighted by atomic mass is 10.1. The number of nitrogens with zero attached hydrogens (tertiary/aromatic N) is 4. The molecular formula is C24H18F2N6O. The minimum atomic E-state index is -2.71. The Kier molecular flexibility index (Phi) is 5.35. The van der Waals surface area contributed by atoms with Crippen LogP contribution in [0, 0.1) is 0 Å². The zero-order valence-electron chi connectivity index (χ0n) is 17.2. The summed E-state index contributed by atoms with van der Waals surface area (Å²) in [5, 5.41) is 7.61. The molecule has 5 rings (SSSR count). The van der Waals surface area contributed by atoms with Crippen molar-refractivity contribution in [3.63, 3.8) is 0 Å². The second kappa shape index (κ2) is 8.62. The van der Waals surface area contributed by atoms with Gasteiger partial charge in [-0.25, -0.2) is 18.4 Å². The summed E-state index contributed by atoms with van der Waals surface area (Å²) in [6, 6.07) is 18.0. The van der Waals surface area contributed by atoms with Crippen LogP contribution in [0.5, 0.6) is 0 Å². The Labute approximate surface area is 187 Å². The molecule has 9 heteroatoms. The SMILES string of the molecule is O=C(NCc1cn(-c2ccccc2)nc1-c1ccncc1)c1ccc2nc(C(F)F)[nH]c2c1. The Bertz CT molecular complexity index is 1410. The minimum absolute atomic E-state index is 0.229. The van der Waals surface area contributed by atoms with E-state index in [1.54, 1.807) is 29.2 Å². The number of alkyl halides is 2. The summed E-state index contributed by atoms with van der Waals surface area (Å²) >= 11 is 0. The maximum absolute atomic E-state index is 12.9. The monoisotopic (exact) mass is 444 g/mol. The third kappa shape index (κ3) is 4.20. The fraction of sp³-hybridized carbons (Fsp3) is 0.0833. The zero-order valence-corrected chi connectivity index (χ0v) is 17.2. The summed E-state index contributed by atoms with van der Waals surface area (Å²) in [6.45, 7) is 0.229. The second-order valence-corrected chi connectivity index (χ2v) is 7.36. The first kappa shape index (κ1) is 20.5. The summed E-state index contributed by atoms with van der Waals surface area (Å²) in [4.78, 5) is 23.2.